The van der Waals surface area contributed by atoms with E-state index in [4.69, 9.17) is 14.5 Å². The quantitative estimate of drug-likeness (QED) is 0.199. The number of nitrogens with one attached hydrogen (secondary N) is 1. The molecule has 1 aromatic heterocycles. The Morgan fingerprint density at radius 2 is 1.82 bits per heavy atom. The highest BCUT2D eigenvalue weighted by Crippen LogP contribution is 2.59. The van der Waals surface area contributed by atoms with Gasteiger partial charge in [-0.15, -0.1) is 11.3 Å². The van der Waals surface area contributed by atoms with E-state index in [-0.39, 0.29) is 28.7 Å². The zero-order chi connectivity index (χ0) is 34.9. The van der Waals surface area contributed by atoms with Crippen LogP contribution in [0.25, 0.3) is 10.1 Å². The molecule has 0 aliphatic carbocycles. The molecule has 3 aromatic carbocycles. The van der Waals surface area contributed by atoms with Gasteiger partial charge in [-0.1, -0.05) is 66.2 Å². The minimum absolute atomic E-state index is 0.128. The maximum atomic E-state index is 14.4. The van der Waals surface area contributed by atoms with Crippen LogP contribution in [-0.4, -0.2) is 75.6 Å². The summed E-state index contributed by atoms with van der Waals surface area (Å²) in [4.78, 5) is 63.6. The summed E-state index contributed by atoms with van der Waals surface area (Å²) in [5.41, 5.74) is -2.53. The number of likely N-dealkylation sites (tertiary alicyclic amines) is 1. The number of morpholine rings is 1. The molecule has 49 heavy (non-hydrogen) atoms. The number of carbonyl (C=O) groups excluding carboxylic acids is 3. The molecule has 2 saturated heterocycles. The molecule has 2 fully saturated rings. The molecular weight excluding hydrogens is 675 g/mol. The van der Waals surface area contributed by atoms with Crippen LogP contribution in [-0.2, 0) is 31.0 Å². The van der Waals surface area contributed by atoms with Gasteiger partial charge in [-0.2, -0.15) is 8.78 Å². The number of benzene rings is 3. The highest BCUT2D eigenvalue weighted by molar-refractivity contribution is 7.52. The van der Waals surface area contributed by atoms with E-state index >= 15 is 0 Å². The Bertz CT molecular complexity index is 1920. The number of hydrogen-bond acceptors (Lipinski definition) is 6. The maximum Gasteiger partial charge on any atom is 0.399 e. The molecule has 0 saturated carbocycles. The highest BCUT2D eigenvalue weighted by Gasteiger charge is 2.50. The van der Waals surface area contributed by atoms with E-state index < -0.39 is 42.7 Å². The number of ether oxygens (including phenoxy) is 1. The third-order valence-electron chi connectivity index (χ3n) is 8.95. The Balaban J connectivity index is 1.23. The van der Waals surface area contributed by atoms with Crippen molar-refractivity contribution in [2.24, 2.45) is 0 Å². The summed E-state index contributed by atoms with van der Waals surface area (Å²) in [6.07, 6.45) is 0.984. The first-order valence-corrected chi connectivity index (χ1v) is 18.3. The summed E-state index contributed by atoms with van der Waals surface area (Å²) < 4.78 is 46.6. The number of fused-ring (bicyclic) bond motifs is 1. The molecule has 3 atom stereocenters. The molecule has 3 amide bonds. The first-order valence-electron chi connectivity index (χ1n) is 15.9. The normalized spacial score (nSPS) is 19.2. The summed E-state index contributed by atoms with van der Waals surface area (Å²) in [5.74, 6) is -1.18. The standard InChI is InChI=1S/C35H36F2N3O7PS/c1-22-7-5-8-23(17-22)18-27(38-32(41)31-20-25-19-26(12-13-30(25)49-31)35(36,37)48(44,45)46)33(42)40-14-6-11-28(40)34(43)39-15-16-47-29(21-39)24-9-3-2-4-10-24/h2-5,7-10,12-13,17,19-20,27-29H,6,11,14-16,18,21H2,1H3,(H,38,41)(H2,44,45,46). The third-order valence-corrected chi connectivity index (χ3v) is 11.1. The fourth-order valence-corrected chi connectivity index (χ4v) is 7.85. The molecule has 0 spiro atoms. The molecule has 2 aliphatic rings. The zero-order valence-corrected chi connectivity index (χ0v) is 28.3. The Hall–Kier alpha value is -4.00. The van der Waals surface area contributed by atoms with E-state index in [0.29, 0.717) is 43.8 Å². The number of aryl methyl sites for hydroxylation is 1. The largest absolute Gasteiger partial charge is 0.399 e. The van der Waals surface area contributed by atoms with Gasteiger partial charge < -0.3 is 29.6 Å². The second-order valence-electron chi connectivity index (χ2n) is 12.4. The number of carbonyl (C=O) groups is 3. The van der Waals surface area contributed by atoms with Crippen molar-refractivity contribution in [1.82, 2.24) is 15.1 Å². The molecule has 0 radical (unpaired) electrons. The fourth-order valence-electron chi connectivity index (χ4n) is 6.43. The lowest BCUT2D eigenvalue weighted by molar-refractivity contribution is -0.149. The first kappa shape index (κ1) is 34.8. The van der Waals surface area contributed by atoms with Gasteiger partial charge in [0.1, 0.15) is 18.2 Å². The molecule has 258 valence electrons. The van der Waals surface area contributed by atoms with Crippen LogP contribution in [0.15, 0.2) is 78.9 Å². The summed E-state index contributed by atoms with van der Waals surface area (Å²) in [5, 5.41) is 3.04. The van der Waals surface area contributed by atoms with Crippen molar-refractivity contribution in [2.75, 3.05) is 26.2 Å². The number of alkyl halides is 2. The van der Waals surface area contributed by atoms with Gasteiger partial charge in [0.25, 0.3) is 5.91 Å². The molecule has 6 rings (SSSR count). The highest BCUT2D eigenvalue weighted by atomic mass is 32.1. The molecule has 3 unspecified atom stereocenters. The lowest BCUT2D eigenvalue weighted by Gasteiger charge is -2.37. The minimum atomic E-state index is -5.78. The lowest BCUT2D eigenvalue weighted by Crippen LogP contribution is -2.56. The molecule has 10 nitrogen and oxygen atoms in total. The fraction of sp³-hybridized carbons (Fsp3) is 0.343. The van der Waals surface area contributed by atoms with Gasteiger partial charge in [0.2, 0.25) is 11.8 Å². The number of nitrogens with zero attached hydrogens (tertiary/aromatic N) is 2. The molecule has 3 N–H and O–H groups in total. The second kappa shape index (κ2) is 14.1. The Morgan fingerprint density at radius 3 is 2.55 bits per heavy atom. The van der Waals surface area contributed by atoms with E-state index in [0.717, 1.165) is 40.2 Å². The van der Waals surface area contributed by atoms with E-state index in [1.807, 2.05) is 61.5 Å². The summed E-state index contributed by atoms with van der Waals surface area (Å²) in [7, 11) is -5.78. The Morgan fingerprint density at radius 1 is 1.04 bits per heavy atom. The van der Waals surface area contributed by atoms with Crippen molar-refractivity contribution >= 4 is 46.7 Å². The monoisotopic (exact) mass is 711 g/mol. The van der Waals surface area contributed by atoms with Crippen LogP contribution in [0.4, 0.5) is 8.78 Å². The van der Waals surface area contributed by atoms with Crippen LogP contribution in [0, 0.1) is 6.92 Å². The summed E-state index contributed by atoms with van der Waals surface area (Å²) in [6.45, 7) is 3.39. The Labute approximate surface area is 285 Å². The van der Waals surface area contributed by atoms with Crippen LogP contribution >= 0.6 is 18.9 Å². The van der Waals surface area contributed by atoms with E-state index in [2.05, 4.69) is 5.32 Å². The average Bonchev–Trinajstić information content (AvgIpc) is 3.75. The third kappa shape index (κ3) is 7.46. The van der Waals surface area contributed by atoms with Crippen molar-refractivity contribution in [2.45, 2.75) is 50.0 Å². The van der Waals surface area contributed by atoms with Crippen LogP contribution in [0.3, 0.4) is 0 Å². The minimum Gasteiger partial charge on any atom is -0.370 e. The topological polar surface area (TPSA) is 136 Å². The number of rotatable bonds is 9. The lowest BCUT2D eigenvalue weighted by atomic mass is 10.0. The predicted molar refractivity (Wildman–Crippen MR) is 180 cm³/mol. The van der Waals surface area contributed by atoms with Crippen molar-refractivity contribution < 1.29 is 42.3 Å². The van der Waals surface area contributed by atoms with E-state index in [1.165, 1.54) is 12.1 Å². The van der Waals surface area contributed by atoms with Gasteiger partial charge in [-0.3, -0.25) is 18.9 Å². The molecule has 3 heterocycles. The van der Waals surface area contributed by atoms with Gasteiger partial charge in [-0.05, 0) is 54.5 Å². The van der Waals surface area contributed by atoms with Crippen molar-refractivity contribution in [3.8, 4) is 0 Å². The average molecular weight is 712 g/mol. The van der Waals surface area contributed by atoms with Crippen LogP contribution in [0.2, 0.25) is 0 Å². The predicted octanol–water partition coefficient (Wildman–Crippen LogP) is 5.37. The van der Waals surface area contributed by atoms with Gasteiger partial charge in [-0.25, -0.2) is 0 Å². The Kier molecular flexibility index (Phi) is 10.0. The van der Waals surface area contributed by atoms with Crippen LogP contribution < -0.4 is 5.32 Å². The van der Waals surface area contributed by atoms with Gasteiger partial charge >= 0.3 is 13.3 Å². The first-order chi connectivity index (χ1) is 23.3. The second-order valence-corrected chi connectivity index (χ2v) is 15.1. The molecule has 14 heteroatoms. The smallest absolute Gasteiger partial charge is 0.370 e. The van der Waals surface area contributed by atoms with Gasteiger partial charge in [0.05, 0.1) is 18.0 Å². The van der Waals surface area contributed by atoms with Gasteiger partial charge in [0, 0.05) is 29.8 Å². The molecule has 0 bridgehead atoms. The SMILES string of the molecule is Cc1cccc(CC(NC(=O)c2cc3cc(C(F)(F)P(=O)(O)O)ccc3s2)C(=O)N2CCCC2C(=O)N2CCOC(c3ccccc3)C2)c1. The van der Waals surface area contributed by atoms with Crippen LogP contribution in [0.5, 0.6) is 0 Å². The maximum absolute atomic E-state index is 14.4. The molecule has 2 aliphatic heterocycles. The summed E-state index contributed by atoms with van der Waals surface area (Å²) in [6, 6.07) is 20.0. The number of hydrogen-bond donors (Lipinski definition) is 3. The van der Waals surface area contributed by atoms with Crippen molar-refractivity contribution in [3.05, 3.63) is 106 Å². The van der Waals surface area contributed by atoms with Crippen molar-refractivity contribution in [3.63, 3.8) is 0 Å². The van der Waals surface area contributed by atoms with E-state index in [1.54, 1.807) is 9.80 Å². The van der Waals surface area contributed by atoms with Crippen LogP contribution in [0.1, 0.15) is 50.9 Å². The van der Waals surface area contributed by atoms with Gasteiger partial charge in [0.15, 0.2) is 0 Å². The number of amides is 3. The number of thiophene rings is 1. The molecule has 4 aromatic rings. The van der Waals surface area contributed by atoms with Crippen molar-refractivity contribution in [1.29, 1.82) is 0 Å². The molecular formula is C35H36F2N3O7PS. The number of halogens is 2. The van der Waals surface area contributed by atoms with E-state index in [9.17, 15) is 27.7 Å². The zero-order valence-electron chi connectivity index (χ0n) is 26.6. The summed E-state index contributed by atoms with van der Waals surface area (Å²) >= 11 is 1.00.